The van der Waals surface area contributed by atoms with E-state index < -0.39 is 0 Å². The normalized spacial score (nSPS) is 26.2. The summed E-state index contributed by atoms with van der Waals surface area (Å²) in [4.78, 5) is 0. The van der Waals surface area contributed by atoms with Crippen molar-refractivity contribution in [2.24, 2.45) is 0 Å². The lowest BCUT2D eigenvalue weighted by Gasteiger charge is -2.18. The number of anilines is 1. The molecule has 1 aromatic rings. The summed E-state index contributed by atoms with van der Waals surface area (Å²) < 4.78 is 16.1. The number of rotatable bonds is 2. The van der Waals surface area contributed by atoms with Gasteiger partial charge < -0.3 is 19.5 Å². The highest BCUT2D eigenvalue weighted by molar-refractivity contribution is 6.33. The first-order valence-corrected chi connectivity index (χ1v) is 6.09. The Labute approximate surface area is 105 Å². The number of ether oxygens (including phenoxy) is 3. The summed E-state index contributed by atoms with van der Waals surface area (Å²) in [5.41, 5.74) is 0.873. The molecule has 1 fully saturated rings. The highest BCUT2D eigenvalue weighted by Gasteiger charge is 2.25. The summed E-state index contributed by atoms with van der Waals surface area (Å²) in [6, 6.07) is 3.97. The maximum Gasteiger partial charge on any atom is 0.231 e. The molecule has 2 aliphatic heterocycles. The Morgan fingerprint density at radius 1 is 1.29 bits per heavy atom. The van der Waals surface area contributed by atoms with Gasteiger partial charge in [0.05, 0.1) is 22.9 Å². The lowest BCUT2D eigenvalue weighted by atomic mass is 10.1. The predicted octanol–water partition coefficient (Wildman–Crippen LogP) is 2.66. The summed E-state index contributed by atoms with van der Waals surface area (Å²) in [6.07, 6.45) is 1.20. The summed E-state index contributed by atoms with van der Waals surface area (Å²) in [5.74, 6) is 1.44. The summed E-state index contributed by atoms with van der Waals surface area (Å²) in [6.45, 7) is 3.12. The molecule has 0 radical (unpaired) electrons. The van der Waals surface area contributed by atoms with E-state index in [4.69, 9.17) is 25.8 Å². The minimum absolute atomic E-state index is 0.205. The summed E-state index contributed by atoms with van der Waals surface area (Å²) >= 11 is 6.20. The molecular formula is C12H14ClNO3. The SMILES string of the molecule is CC1OCCC1Nc1cc2c(cc1Cl)OCO2. The number of fused-ring (bicyclic) bond motifs is 1. The number of hydrogen-bond donors (Lipinski definition) is 1. The smallest absolute Gasteiger partial charge is 0.231 e. The highest BCUT2D eigenvalue weighted by Crippen LogP contribution is 2.39. The molecule has 5 heteroatoms. The van der Waals surface area contributed by atoms with Crippen molar-refractivity contribution in [3.05, 3.63) is 17.2 Å². The molecule has 2 heterocycles. The largest absolute Gasteiger partial charge is 0.454 e. The molecule has 2 aliphatic rings. The Hall–Kier alpha value is -1.13. The van der Waals surface area contributed by atoms with Gasteiger partial charge in [0.15, 0.2) is 11.5 Å². The van der Waals surface area contributed by atoms with Gasteiger partial charge in [-0.15, -0.1) is 0 Å². The quantitative estimate of drug-likeness (QED) is 0.882. The summed E-state index contributed by atoms with van der Waals surface area (Å²) in [5, 5.41) is 4.04. The van der Waals surface area contributed by atoms with E-state index in [1.54, 1.807) is 6.07 Å². The van der Waals surface area contributed by atoms with Crippen molar-refractivity contribution < 1.29 is 14.2 Å². The van der Waals surface area contributed by atoms with Crippen LogP contribution in [-0.2, 0) is 4.74 Å². The Bertz CT molecular complexity index is 438. The maximum absolute atomic E-state index is 6.20. The molecule has 92 valence electrons. The Morgan fingerprint density at radius 3 is 2.76 bits per heavy atom. The Balaban J connectivity index is 1.83. The molecule has 2 unspecified atom stereocenters. The van der Waals surface area contributed by atoms with Crippen molar-refractivity contribution in [1.82, 2.24) is 0 Å². The molecule has 1 saturated heterocycles. The van der Waals surface area contributed by atoms with Gasteiger partial charge in [-0.05, 0) is 13.3 Å². The van der Waals surface area contributed by atoms with Crippen LogP contribution < -0.4 is 14.8 Å². The second-order valence-electron chi connectivity index (χ2n) is 4.30. The standard InChI is InChI=1S/C12H14ClNO3/c1-7-9(2-3-15-7)14-10-5-12-11(4-8(10)13)16-6-17-12/h4-5,7,9,14H,2-3,6H2,1H3. The van der Waals surface area contributed by atoms with Crippen LogP contribution in [0.5, 0.6) is 11.5 Å². The van der Waals surface area contributed by atoms with Crippen molar-refractivity contribution in [3.63, 3.8) is 0 Å². The number of nitrogens with one attached hydrogen (secondary N) is 1. The summed E-state index contributed by atoms with van der Waals surface area (Å²) in [7, 11) is 0. The van der Waals surface area contributed by atoms with Crippen molar-refractivity contribution >= 4 is 17.3 Å². The second kappa shape index (κ2) is 4.27. The van der Waals surface area contributed by atoms with Crippen LogP contribution in [-0.4, -0.2) is 25.5 Å². The van der Waals surface area contributed by atoms with E-state index in [9.17, 15) is 0 Å². The first kappa shape index (κ1) is 11.0. The molecular weight excluding hydrogens is 242 g/mol. The molecule has 1 N–H and O–H groups in total. The number of benzene rings is 1. The zero-order valence-corrected chi connectivity index (χ0v) is 10.3. The molecule has 2 atom stereocenters. The lowest BCUT2D eigenvalue weighted by Crippen LogP contribution is -2.26. The van der Waals surface area contributed by atoms with Gasteiger partial charge in [0.25, 0.3) is 0 Å². The fourth-order valence-electron chi connectivity index (χ4n) is 2.15. The van der Waals surface area contributed by atoms with E-state index in [-0.39, 0.29) is 12.9 Å². The van der Waals surface area contributed by atoms with Crippen molar-refractivity contribution in [2.45, 2.75) is 25.5 Å². The van der Waals surface area contributed by atoms with Crippen LogP contribution in [0.4, 0.5) is 5.69 Å². The van der Waals surface area contributed by atoms with Crippen LogP contribution in [0.25, 0.3) is 0 Å². The molecule has 0 aromatic heterocycles. The van der Waals surface area contributed by atoms with Crippen LogP contribution in [0, 0.1) is 0 Å². The average Bonchev–Trinajstić information content (AvgIpc) is 2.89. The monoisotopic (exact) mass is 255 g/mol. The van der Waals surface area contributed by atoms with E-state index in [1.807, 2.05) is 6.07 Å². The molecule has 0 bridgehead atoms. The molecule has 17 heavy (non-hydrogen) atoms. The van der Waals surface area contributed by atoms with Gasteiger partial charge in [-0.25, -0.2) is 0 Å². The van der Waals surface area contributed by atoms with Crippen LogP contribution in [0.3, 0.4) is 0 Å². The molecule has 3 rings (SSSR count). The van der Waals surface area contributed by atoms with E-state index in [0.29, 0.717) is 16.8 Å². The molecule has 4 nitrogen and oxygen atoms in total. The van der Waals surface area contributed by atoms with E-state index in [2.05, 4.69) is 12.2 Å². The van der Waals surface area contributed by atoms with Crippen molar-refractivity contribution in [2.75, 3.05) is 18.7 Å². The van der Waals surface area contributed by atoms with E-state index in [1.165, 1.54) is 0 Å². The number of halogens is 1. The van der Waals surface area contributed by atoms with Gasteiger partial charge in [0.2, 0.25) is 6.79 Å². The van der Waals surface area contributed by atoms with E-state index in [0.717, 1.165) is 24.5 Å². The first-order chi connectivity index (χ1) is 8.24. The molecule has 0 saturated carbocycles. The third-order valence-electron chi connectivity index (χ3n) is 3.18. The van der Waals surface area contributed by atoms with Crippen molar-refractivity contribution in [3.8, 4) is 11.5 Å². The van der Waals surface area contributed by atoms with Crippen LogP contribution in [0.1, 0.15) is 13.3 Å². The third kappa shape index (κ3) is 2.03. The maximum atomic E-state index is 6.20. The minimum Gasteiger partial charge on any atom is -0.454 e. The van der Waals surface area contributed by atoms with Gasteiger partial charge in [0.1, 0.15) is 0 Å². The average molecular weight is 256 g/mol. The predicted molar refractivity (Wildman–Crippen MR) is 65.0 cm³/mol. The Morgan fingerprint density at radius 2 is 2.06 bits per heavy atom. The van der Waals surface area contributed by atoms with Crippen LogP contribution in [0.15, 0.2) is 12.1 Å². The zero-order valence-electron chi connectivity index (χ0n) is 9.53. The highest BCUT2D eigenvalue weighted by atomic mass is 35.5. The topological polar surface area (TPSA) is 39.7 Å². The van der Waals surface area contributed by atoms with Gasteiger partial charge in [-0.3, -0.25) is 0 Å². The first-order valence-electron chi connectivity index (χ1n) is 5.71. The molecule has 0 amide bonds. The van der Waals surface area contributed by atoms with E-state index >= 15 is 0 Å². The van der Waals surface area contributed by atoms with Crippen LogP contribution in [0.2, 0.25) is 5.02 Å². The molecule has 0 aliphatic carbocycles. The fraction of sp³-hybridized carbons (Fsp3) is 0.500. The molecule has 0 spiro atoms. The Kier molecular flexibility index (Phi) is 2.76. The zero-order chi connectivity index (χ0) is 11.8. The van der Waals surface area contributed by atoms with Crippen molar-refractivity contribution in [1.29, 1.82) is 0 Å². The van der Waals surface area contributed by atoms with Gasteiger partial charge >= 0.3 is 0 Å². The van der Waals surface area contributed by atoms with Crippen LogP contribution >= 0.6 is 11.6 Å². The molecule has 1 aromatic carbocycles. The number of hydrogen-bond acceptors (Lipinski definition) is 4. The minimum atomic E-state index is 0.205. The third-order valence-corrected chi connectivity index (χ3v) is 3.49. The van der Waals surface area contributed by atoms with Gasteiger partial charge in [0, 0.05) is 18.7 Å². The van der Waals surface area contributed by atoms with Gasteiger partial charge in [-0.2, -0.15) is 0 Å². The fourth-order valence-corrected chi connectivity index (χ4v) is 2.36. The lowest BCUT2D eigenvalue weighted by molar-refractivity contribution is 0.121. The second-order valence-corrected chi connectivity index (χ2v) is 4.71. The van der Waals surface area contributed by atoms with Gasteiger partial charge in [-0.1, -0.05) is 11.6 Å².